The molecule has 1 aliphatic rings. The first-order valence-corrected chi connectivity index (χ1v) is 11.6. The van der Waals surface area contributed by atoms with Crippen LogP contribution >= 0.6 is 0 Å². The van der Waals surface area contributed by atoms with Crippen LogP contribution < -0.4 is 15.4 Å². The van der Waals surface area contributed by atoms with Crippen LogP contribution in [-0.2, 0) is 11.3 Å². The van der Waals surface area contributed by atoms with Crippen LogP contribution in [0.25, 0.3) is 11.3 Å². The lowest BCUT2D eigenvalue weighted by atomic mass is 10.1. The van der Waals surface area contributed by atoms with Gasteiger partial charge in [0.1, 0.15) is 11.4 Å². The minimum absolute atomic E-state index is 0.0254. The van der Waals surface area contributed by atoms with E-state index in [0.717, 1.165) is 29.7 Å². The SMILES string of the molecule is COc1ccc(-c2nn(Cc3ccccc3)cc2C(=O)Nc2cccc(NC(=O)C3CC3)c2)cc1. The number of hydrogen-bond donors (Lipinski definition) is 2. The summed E-state index contributed by atoms with van der Waals surface area (Å²) in [6, 6.07) is 24.6. The van der Waals surface area contributed by atoms with Crippen LogP contribution in [0.5, 0.6) is 5.75 Å². The maximum Gasteiger partial charge on any atom is 0.259 e. The molecule has 0 bridgehead atoms. The molecule has 35 heavy (non-hydrogen) atoms. The molecule has 3 aromatic carbocycles. The molecular formula is C28H26N4O3. The fourth-order valence-electron chi connectivity index (χ4n) is 3.86. The summed E-state index contributed by atoms with van der Waals surface area (Å²) in [4.78, 5) is 25.5. The first-order valence-electron chi connectivity index (χ1n) is 11.6. The van der Waals surface area contributed by atoms with Crippen molar-refractivity contribution in [3.63, 3.8) is 0 Å². The van der Waals surface area contributed by atoms with E-state index in [1.807, 2.05) is 60.7 Å². The first-order chi connectivity index (χ1) is 17.1. The van der Waals surface area contributed by atoms with Crippen molar-refractivity contribution in [3.05, 3.63) is 96.2 Å². The molecule has 1 aliphatic carbocycles. The number of aromatic nitrogens is 2. The molecule has 1 fully saturated rings. The number of benzene rings is 3. The Hall–Kier alpha value is -4.39. The Morgan fingerprint density at radius 1 is 0.943 bits per heavy atom. The Morgan fingerprint density at radius 3 is 2.34 bits per heavy atom. The van der Waals surface area contributed by atoms with Gasteiger partial charge in [-0.1, -0.05) is 36.4 Å². The molecule has 1 heterocycles. The minimum atomic E-state index is -0.277. The van der Waals surface area contributed by atoms with Crippen molar-refractivity contribution in [1.29, 1.82) is 0 Å². The van der Waals surface area contributed by atoms with Gasteiger partial charge in [0.05, 0.1) is 19.2 Å². The first kappa shape index (κ1) is 22.4. The highest BCUT2D eigenvalue weighted by atomic mass is 16.5. The Kier molecular flexibility index (Phi) is 6.30. The zero-order valence-corrected chi connectivity index (χ0v) is 19.4. The van der Waals surface area contributed by atoms with Crippen molar-refractivity contribution >= 4 is 23.2 Å². The van der Waals surface area contributed by atoms with Gasteiger partial charge in [0.25, 0.3) is 5.91 Å². The van der Waals surface area contributed by atoms with E-state index in [-0.39, 0.29) is 17.7 Å². The fraction of sp³-hybridized carbons (Fsp3) is 0.179. The summed E-state index contributed by atoms with van der Waals surface area (Å²) in [5.74, 6) is 0.586. The van der Waals surface area contributed by atoms with Gasteiger partial charge in [0.15, 0.2) is 0 Å². The van der Waals surface area contributed by atoms with Crippen molar-refractivity contribution < 1.29 is 14.3 Å². The normalized spacial score (nSPS) is 12.7. The monoisotopic (exact) mass is 466 g/mol. The third-order valence-electron chi connectivity index (χ3n) is 5.89. The number of hydrogen-bond acceptors (Lipinski definition) is 4. The van der Waals surface area contributed by atoms with Crippen molar-refractivity contribution in [2.24, 2.45) is 5.92 Å². The second-order valence-electron chi connectivity index (χ2n) is 8.60. The molecule has 1 aromatic heterocycles. The number of amides is 2. The average molecular weight is 467 g/mol. The number of ether oxygens (including phenoxy) is 1. The molecule has 0 aliphatic heterocycles. The van der Waals surface area contributed by atoms with Gasteiger partial charge in [0, 0.05) is 29.1 Å². The van der Waals surface area contributed by atoms with Crippen LogP contribution in [0.3, 0.4) is 0 Å². The summed E-state index contributed by atoms with van der Waals surface area (Å²) in [6.07, 6.45) is 3.63. The van der Waals surface area contributed by atoms with Crippen LogP contribution in [0, 0.1) is 5.92 Å². The van der Waals surface area contributed by atoms with E-state index in [1.54, 1.807) is 36.2 Å². The zero-order chi connectivity index (χ0) is 24.2. The number of nitrogens with zero attached hydrogens (tertiary/aromatic N) is 2. The number of anilines is 2. The highest BCUT2D eigenvalue weighted by molar-refractivity contribution is 6.08. The molecular weight excluding hydrogens is 440 g/mol. The van der Waals surface area contributed by atoms with Gasteiger partial charge in [0.2, 0.25) is 5.91 Å². The zero-order valence-electron chi connectivity index (χ0n) is 19.4. The summed E-state index contributed by atoms with van der Waals surface area (Å²) in [6.45, 7) is 0.542. The molecule has 7 heteroatoms. The number of carbonyl (C=O) groups is 2. The lowest BCUT2D eigenvalue weighted by Crippen LogP contribution is -2.15. The second-order valence-corrected chi connectivity index (χ2v) is 8.60. The molecule has 0 spiro atoms. The minimum Gasteiger partial charge on any atom is -0.497 e. The fourth-order valence-corrected chi connectivity index (χ4v) is 3.86. The van der Waals surface area contributed by atoms with Gasteiger partial charge in [-0.3, -0.25) is 14.3 Å². The molecule has 4 aromatic rings. The van der Waals surface area contributed by atoms with Gasteiger partial charge in [-0.2, -0.15) is 5.10 Å². The van der Waals surface area contributed by atoms with Crippen LogP contribution in [-0.4, -0.2) is 28.7 Å². The maximum atomic E-state index is 13.4. The number of nitrogens with one attached hydrogen (secondary N) is 2. The molecule has 7 nitrogen and oxygen atoms in total. The van der Waals surface area contributed by atoms with E-state index in [4.69, 9.17) is 9.84 Å². The highest BCUT2D eigenvalue weighted by Crippen LogP contribution is 2.31. The summed E-state index contributed by atoms with van der Waals surface area (Å²) < 4.78 is 7.04. The van der Waals surface area contributed by atoms with Gasteiger partial charge < -0.3 is 15.4 Å². The van der Waals surface area contributed by atoms with E-state index >= 15 is 0 Å². The summed E-state index contributed by atoms with van der Waals surface area (Å²) >= 11 is 0. The van der Waals surface area contributed by atoms with Gasteiger partial charge in [-0.25, -0.2) is 0 Å². The number of methoxy groups -OCH3 is 1. The van der Waals surface area contributed by atoms with E-state index in [9.17, 15) is 9.59 Å². The van der Waals surface area contributed by atoms with Crippen LogP contribution in [0.4, 0.5) is 11.4 Å². The lowest BCUT2D eigenvalue weighted by molar-refractivity contribution is -0.117. The third kappa shape index (κ3) is 5.41. The Balaban J connectivity index is 1.41. The third-order valence-corrected chi connectivity index (χ3v) is 5.89. The molecule has 0 radical (unpaired) electrons. The molecule has 2 amide bonds. The van der Waals surface area contributed by atoms with E-state index in [2.05, 4.69) is 10.6 Å². The summed E-state index contributed by atoms with van der Waals surface area (Å²) in [5.41, 5.74) is 4.20. The second kappa shape index (κ2) is 9.85. The van der Waals surface area contributed by atoms with Crippen molar-refractivity contribution in [2.75, 3.05) is 17.7 Å². The average Bonchev–Trinajstić information content (AvgIpc) is 3.65. The van der Waals surface area contributed by atoms with Gasteiger partial charge in [-0.05, 0) is 60.9 Å². The topological polar surface area (TPSA) is 85.2 Å². The maximum absolute atomic E-state index is 13.4. The molecule has 0 unspecified atom stereocenters. The summed E-state index contributed by atoms with van der Waals surface area (Å²) in [7, 11) is 1.61. The quantitative estimate of drug-likeness (QED) is 0.373. The van der Waals surface area contributed by atoms with Crippen LogP contribution in [0.1, 0.15) is 28.8 Å². The standard InChI is InChI=1S/C28H26N4O3/c1-35-24-14-12-20(13-15-24)26-25(18-32(31-26)17-19-6-3-2-4-7-19)28(34)30-23-9-5-8-22(16-23)29-27(33)21-10-11-21/h2-9,12-16,18,21H,10-11,17H2,1H3,(H,29,33)(H,30,34). The summed E-state index contributed by atoms with van der Waals surface area (Å²) in [5, 5.41) is 10.6. The molecule has 0 atom stereocenters. The van der Waals surface area contributed by atoms with Gasteiger partial charge >= 0.3 is 0 Å². The lowest BCUT2D eigenvalue weighted by Gasteiger charge is -2.09. The Labute approximate surface area is 203 Å². The molecule has 5 rings (SSSR count). The predicted molar refractivity (Wildman–Crippen MR) is 136 cm³/mol. The smallest absolute Gasteiger partial charge is 0.259 e. The highest BCUT2D eigenvalue weighted by Gasteiger charge is 2.29. The van der Waals surface area contributed by atoms with E-state index in [1.165, 1.54) is 0 Å². The molecule has 1 saturated carbocycles. The Morgan fingerprint density at radius 2 is 1.66 bits per heavy atom. The predicted octanol–water partition coefficient (Wildman–Crippen LogP) is 5.21. The Bertz CT molecular complexity index is 1340. The van der Waals surface area contributed by atoms with Crippen molar-refractivity contribution in [3.8, 4) is 17.0 Å². The number of rotatable bonds is 8. The van der Waals surface area contributed by atoms with E-state index < -0.39 is 0 Å². The van der Waals surface area contributed by atoms with Crippen LogP contribution in [0.15, 0.2) is 85.1 Å². The molecule has 176 valence electrons. The molecule has 2 N–H and O–H groups in total. The van der Waals surface area contributed by atoms with Gasteiger partial charge in [-0.15, -0.1) is 0 Å². The molecule has 0 saturated heterocycles. The van der Waals surface area contributed by atoms with Crippen molar-refractivity contribution in [1.82, 2.24) is 9.78 Å². The van der Waals surface area contributed by atoms with E-state index in [0.29, 0.717) is 29.2 Å². The number of carbonyl (C=O) groups excluding carboxylic acids is 2. The van der Waals surface area contributed by atoms with Crippen LogP contribution in [0.2, 0.25) is 0 Å². The van der Waals surface area contributed by atoms with Crippen molar-refractivity contribution in [2.45, 2.75) is 19.4 Å². The largest absolute Gasteiger partial charge is 0.497 e.